The van der Waals surface area contributed by atoms with Crippen LogP contribution in [-0.4, -0.2) is 44.1 Å². The monoisotopic (exact) mass is 329 g/mol. The van der Waals surface area contributed by atoms with Crippen molar-refractivity contribution in [2.24, 2.45) is 0 Å². The van der Waals surface area contributed by atoms with Gasteiger partial charge in [-0.2, -0.15) is 0 Å². The van der Waals surface area contributed by atoms with Crippen molar-refractivity contribution in [3.8, 4) is 11.5 Å². The van der Waals surface area contributed by atoms with E-state index in [0.717, 1.165) is 17.1 Å². The summed E-state index contributed by atoms with van der Waals surface area (Å²) in [5, 5.41) is 3.31. The van der Waals surface area contributed by atoms with Gasteiger partial charge in [0.1, 0.15) is 17.3 Å². The van der Waals surface area contributed by atoms with Crippen molar-refractivity contribution in [2.45, 2.75) is 13.0 Å². The highest BCUT2D eigenvalue weighted by Crippen LogP contribution is 2.30. The van der Waals surface area contributed by atoms with Gasteiger partial charge in [-0.15, -0.1) is 0 Å². The molecule has 6 nitrogen and oxygen atoms in total. The third-order valence-electron chi connectivity index (χ3n) is 3.68. The first-order chi connectivity index (χ1) is 11.5. The van der Waals surface area contributed by atoms with Gasteiger partial charge in [-0.05, 0) is 37.3 Å². The number of carbonyl (C=O) groups excluding carboxylic acids is 1. The van der Waals surface area contributed by atoms with E-state index >= 15 is 0 Å². The molecule has 2 aromatic rings. The molecule has 1 amide bonds. The lowest BCUT2D eigenvalue weighted by Crippen LogP contribution is -2.21. The number of rotatable bonds is 6. The Kier molecular flexibility index (Phi) is 5.63. The second-order valence-electron chi connectivity index (χ2n) is 5.61. The van der Waals surface area contributed by atoms with Crippen LogP contribution >= 0.6 is 0 Å². The first-order valence-electron chi connectivity index (χ1n) is 7.62. The van der Waals surface area contributed by atoms with E-state index in [9.17, 15) is 4.79 Å². The average molecular weight is 329 g/mol. The van der Waals surface area contributed by atoms with Gasteiger partial charge in [-0.3, -0.25) is 4.79 Å². The fraction of sp³-hybridized carbons (Fsp3) is 0.333. The normalized spacial score (nSPS) is 11.5. The van der Waals surface area contributed by atoms with E-state index in [0.29, 0.717) is 11.4 Å². The van der Waals surface area contributed by atoms with Gasteiger partial charge in [0.05, 0.1) is 25.8 Å². The zero-order chi connectivity index (χ0) is 17.7. The molecule has 1 atom stereocenters. The molecule has 0 aliphatic carbocycles. The summed E-state index contributed by atoms with van der Waals surface area (Å²) in [7, 11) is 6.70. The summed E-state index contributed by atoms with van der Waals surface area (Å²) in [5.41, 5.74) is 1.52. The minimum atomic E-state index is -0.0726. The molecular weight excluding hydrogens is 306 g/mol. The topological polar surface area (TPSA) is 63.7 Å². The molecule has 6 heteroatoms. The number of nitrogens with zero attached hydrogens (tertiary/aromatic N) is 2. The Bertz CT molecular complexity index is 699. The van der Waals surface area contributed by atoms with E-state index in [1.54, 1.807) is 46.6 Å². The molecule has 0 spiro atoms. The third-order valence-corrected chi connectivity index (χ3v) is 3.68. The minimum absolute atomic E-state index is 0.0436. The summed E-state index contributed by atoms with van der Waals surface area (Å²) < 4.78 is 10.7. The predicted octanol–water partition coefficient (Wildman–Crippen LogP) is 2.97. The van der Waals surface area contributed by atoms with Gasteiger partial charge >= 0.3 is 0 Å². The number of aromatic nitrogens is 1. The van der Waals surface area contributed by atoms with Gasteiger partial charge in [-0.1, -0.05) is 0 Å². The summed E-state index contributed by atoms with van der Waals surface area (Å²) >= 11 is 0. The van der Waals surface area contributed by atoms with Crippen LogP contribution in [0.15, 0.2) is 36.5 Å². The standard InChI is InChI=1S/C18H23N3O3/c1-12(15-10-14(23-4)7-8-16(15)24-5)20-17-9-6-13(11-19-17)18(22)21(2)3/h6-12H,1-5H3,(H,19,20). The molecule has 0 bridgehead atoms. The van der Waals surface area contributed by atoms with Crippen molar-refractivity contribution >= 4 is 11.7 Å². The summed E-state index contributed by atoms with van der Waals surface area (Å²) in [6.07, 6.45) is 1.57. The van der Waals surface area contributed by atoms with E-state index in [4.69, 9.17) is 9.47 Å². The number of anilines is 1. The van der Waals surface area contributed by atoms with Crippen LogP contribution in [0.25, 0.3) is 0 Å². The van der Waals surface area contributed by atoms with E-state index in [2.05, 4.69) is 10.3 Å². The number of ether oxygens (including phenoxy) is 2. The number of nitrogens with one attached hydrogen (secondary N) is 1. The molecule has 0 saturated heterocycles. The van der Waals surface area contributed by atoms with E-state index in [1.807, 2.05) is 25.1 Å². The van der Waals surface area contributed by atoms with Crippen LogP contribution < -0.4 is 14.8 Å². The molecule has 128 valence electrons. The van der Waals surface area contributed by atoms with Crippen molar-refractivity contribution in [3.05, 3.63) is 47.7 Å². The average Bonchev–Trinajstić information content (AvgIpc) is 2.60. The Morgan fingerprint density at radius 3 is 2.46 bits per heavy atom. The largest absolute Gasteiger partial charge is 0.497 e. The highest BCUT2D eigenvalue weighted by Gasteiger charge is 2.14. The van der Waals surface area contributed by atoms with Crippen LogP contribution in [0.5, 0.6) is 11.5 Å². The quantitative estimate of drug-likeness (QED) is 0.883. The Balaban J connectivity index is 2.17. The van der Waals surface area contributed by atoms with E-state index in [-0.39, 0.29) is 11.9 Å². The molecular formula is C18H23N3O3. The fourth-order valence-corrected chi connectivity index (χ4v) is 2.34. The van der Waals surface area contributed by atoms with Gasteiger partial charge in [0.25, 0.3) is 5.91 Å². The third kappa shape index (κ3) is 3.95. The fourth-order valence-electron chi connectivity index (χ4n) is 2.34. The molecule has 0 aliphatic heterocycles. The second-order valence-corrected chi connectivity index (χ2v) is 5.61. The molecule has 1 heterocycles. The Labute approximate surface area is 142 Å². The summed E-state index contributed by atoms with van der Waals surface area (Å²) in [5.74, 6) is 2.15. The van der Waals surface area contributed by atoms with E-state index in [1.165, 1.54) is 4.90 Å². The molecule has 1 N–H and O–H groups in total. The molecule has 0 saturated carbocycles. The van der Waals surface area contributed by atoms with Crippen molar-refractivity contribution in [1.82, 2.24) is 9.88 Å². The van der Waals surface area contributed by atoms with Gasteiger partial charge in [0.15, 0.2) is 0 Å². The summed E-state index contributed by atoms with van der Waals surface area (Å²) in [6, 6.07) is 9.17. The van der Waals surface area contributed by atoms with Crippen LogP contribution in [0.4, 0.5) is 5.82 Å². The smallest absolute Gasteiger partial charge is 0.254 e. The number of hydrogen-bond acceptors (Lipinski definition) is 5. The van der Waals surface area contributed by atoms with Crippen LogP contribution in [0.3, 0.4) is 0 Å². The molecule has 0 fully saturated rings. The van der Waals surface area contributed by atoms with Crippen LogP contribution in [0, 0.1) is 0 Å². The number of pyridine rings is 1. The Morgan fingerprint density at radius 2 is 1.92 bits per heavy atom. The second kappa shape index (κ2) is 7.68. The maximum Gasteiger partial charge on any atom is 0.254 e. The minimum Gasteiger partial charge on any atom is -0.497 e. The first-order valence-corrected chi connectivity index (χ1v) is 7.62. The number of methoxy groups -OCH3 is 2. The van der Waals surface area contributed by atoms with Crippen molar-refractivity contribution in [3.63, 3.8) is 0 Å². The molecule has 0 radical (unpaired) electrons. The highest BCUT2D eigenvalue weighted by molar-refractivity contribution is 5.93. The Morgan fingerprint density at radius 1 is 1.17 bits per heavy atom. The van der Waals surface area contributed by atoms with Crippen LogP contribution in [0.2, 0.25) is 0 Å². The number of amides is 1. The SMILES string of the molecule is COc1ccc(OC)c(C(C)Nc2ccc(C(=O)N(C)C)cn2)c1. The lowest BCUT2D eigenvalue weighted by atomic mass is 10.1. The molecule has 0 aliphatic rings. The maximum absolute atomic E-state index is 11.9. The molecule has 1 aromatic carbocycles. The lowest BCUT2D eigenvalue weighted by molar-refractivity contribution is 0.0827. The number of benzene rings is 1. The van der Waals surface area contributed by atoms with Crippen LogP contribution in [0.1, 0.15) is 28.9 Å². The number of carbonyl (C=O) groups is 1. The van der Waals surface area contributed by atoms with Gasteiger partial charge in [0, 0.05) is 25.9 Å². The van der Waals surface area contributed by atoms with Gasteiger partial charge < -0.3 is 19.7 Å². The maximum atomic E-state index is 11.9. The lowest BCUT2D eigenvalue weighted by Gasteiger charge is -2.19. The van der Waals surface area contributed by atoms with Gasteiger partial charge in [-0.25, -0.2) is 4.98 Å². The molecule has 2 rings (SSSR count). The molecule has 1 unspecified atom stereocenters. The predicted molar refractivity (Wildman–Crippen MR) is 93.8 cm³/mol. The van der Waals surface area contributed by atoms with Crippen molar-refractivity contribution in [2.75, 3.05) is 33.6 Å². The van der Waals surface area contributed by atoms with Crippen LogP contribution in [-0.2, 0) is 0 Å². The highest BCUT2D eigenvalue weighted by atomic mass is 16.5. The molecule has 24 heavy (non-hydrogen) atoms. The Hall–Kier alpha value is -2.76. The first kappa shape index (κ1) is 17.6. The summed E-state index contributed by atoms with van der Waals surface area (Å²) in [4.78, 5) is 17.7. The van der Waals surface area contributed by atoms with Gasteiger partial charge in [0.2, 0.25) is 0 Å². The zero-order valence-corrected chi connectivity index (χ0v) is 14.7. The zero-order valence-electron chi connectivity index (χ0n) is 14.7. The summed E-state index contributed by atoms with van der Waals surface area (Å²) in [6.45, 7) is 2.01. The molecule has 1 aromatic heterocycles. The number of hydrogen-bond donors (Lipinski definition) is 1. The van der Waals surface area contributed by atoms with Crippen molar-refractivity contribution in [1.29, 1.82) is 0 Å². The van der Waals surface area contributed by atoms with Crippen molar-refractivity contribution < 1.29 is 14.3 Å². The van der Waals surface area contributed by atoms with E-state index < -0.39 is 0 Å².